The van der Waals surface area contributed by atoms with Gasteiger partial charge in [0.2, 0.25) is 0 Å². The Morgan fingerprint density at radius 2 is 1.97 bits per heavy atom. The lowest BCUT2D eigenvalue weighted by atomic mass is 9.93. The standard InChI is InChI=1S/C25H24F3N5/c1-15-5-3-7-18(11-15)32-10-9-30-24(32)22-19-8-4-6-17(19)14-33(22)23-20(13-29)21(25(26,27)28)12-16(2)31-23/h3,5,7,9-12,17,19,22H,4,6,8,14H2,1-2H3/t17-,19-,22-/m0/s1. The van der Waals surface area contributed by atoms with Crippen LogP contribution in [0.5, 0.6) is 0 Å². The van der Waals surface area contributed by atoms with Crippen LogP contribution in [0, 0.1) is 37.0 Å². The lowest BCUT2D eigenvalue weighted by Gasteiger charge is -2.30. The van der Waals surface area contributed by atoms with Crippen LogP contribution >= 0.6 is 0 Å². The van der Waals surface area contributed by atoms with Gasteiger partial charge in [-0.05, 0) is 62.3 Å². The number of nitrogens with zero attached hydrogens (tertiary/aromatic N) is 5. The Balaban J connectivity index is 1.67. The van der Waals surface area contributed by atoms with Crippen LogP contribution in [0.15, 0.2) is 42.7 Å². The second-order valence-electron chi connectivity index (χ2n) is 9.07. The summed E-state index contributed by atoms with van der Waals surface area (Å²) < 4.78 is 43.4. The molecule has 2 aromatic heterocycles. The molecular weight excluding hydrogens is 427 g/mol. The highest BCUT2D eigenvalue weighted by Crippen LogP contribution is 2.51. The van der Waals surface area contributed by atoms with Crippen LogP contribution in [0.4, 0.5) is 19.0 Å². The first-order valence-corrected chi connectivity index (χ1v) is 11.1. The molecule has 8 heteroatoms. The van der Waals surface area contributed by atoms with Crippen LogP contribution in [0.3, 0.4) is 0 Å². The van der Waals surface area contributed by atoms with Gasteiger partial charge in [-0.2, -0.15) is 18.4 Å². The molecule has 1 saturated carbocycles. The highest BCUT2D eigenvalue weighted by molar-refractivity contribution is 5.61. The SMILES string of the molecule is Cc1cccc(-n2ccnc2[C@@H]2[C@H]3CCC[C@H]3CN2c2nc(C)cc(C(F)(F)F)c2C#N)c1. The van der Waals surface area contributed by atoms with Gasteiger partial charge >= 0.3 is 6.18 Å². The van der Waals surface area contributed by atoms with Crippen molar-refractivity contribution < 1.29 is 13.2 Å². The summed E-state index contributed by atoms with van der Waals surface area (Å²) in [5, 5.41) is 9.76. The van der Waals surface area contributed by atoms with E-state index in [9.17, 15) is 18.4 Å². The molecule has 1 aliphatic carbocycles. The number of hydrogen-bond donors (Lipinski definition) is 0. The van der Waals surface area contributed by atoms with Gasteiger partial charge in [0.1, 0.15) is 23.3 Å². The Labute approximate surface area is 190 Å². The van der Waals surface area contributed by atoms with Gasteiger partial charge in [-0.15, -0.1) is 0 Å². The molecule has 1 aliphatic heterocycles. The topological polar surface area (TPSA) is 57.7 Å². The fourth-order valence-electron chi connectivity index (χ4n) is 5.58. The molecule has 1 saturated heterocycles. The maximum absolute atomic E-state index is 13.8. The van der Waals surface area contributed by atoms with Crippen LogP contribution < -0.4 is 4.90 Å². The summed E-state index contributed by atoms with van der Waals surface area (Å²) in [6.07, 6.45) is 2.08. The van der Waals surface area contributed by atoms with E-state index >= 15 is 0 Å². The molecule has 3 heterocycles. The number of benzene rings is 1. The zero-order chi connectivity index (χ0) is 23.3. The number of imidazole rings is 1. The van der Waals surface area contributed by atoms with E-state index in [1.54, 1.807) is 13.1 Å². The summed E-state index contributed by atoms with van der Waals surface area (Å²) in [5.74, 6) is 1.47. The van der Waals surface area contributed by atoms with Crippen LogP contribution in [0.25, 0.3) is 5.69 Å². The third-order valence-corrected chi connectivity index (χ3v) is 6.92. The first kappa shape index (κ1) is 21.5. The van der Waals surface area contributed by atoms with Crippen LogP contribution in [0.2, 0.25) is 0 Å². The minimum atomic E-state index is -4.63. The Kier molecular flexibility index (Phi) is 5.15. The average molecular weight is 451 g/mol. The molecule has 33 heavy (non-hydrogen) atoms. The first-order chi connectivity index (χ1) is 15.8. The lowest BCUT2D eigenvalue weighted by molar-refractivity contribution is -0.137. The van der Waals surface area contributed by atoms with E-state index < -0.39 is 17.3 Å². The highest BCUT2D eigenvalue weighted by atomic mass is 19.4. The molecule has 3 aromatic rings. The molecule has 170 valence electrons. The number of nitriles is 1. The average Bonchev–Trinajstić information content (AvgIpc) is 3.48. The predicted molar refractivity (Wildman–Crippen MR) is 118 cm³/mol. The summed E-state index contributed by atoms with van der Waals surface area (Å²) in [6, 6.07) is 10.6. The summed E-state index contributed by atoms with van der Waals surface area (Å²) in [6.45, 7) is 4.13. The number of aromatic nitrogens is 3. The minimum Gasteiger partial charge on any atom is -0.345 e. The zero-order valence-corrected chi connectivity index (χ0v) is 18.5. The van der Waals surface area contributed by atoms with Crippen molar-refractivity contribution in [2.24, 2.45) is 11.8 Å². The Bertz CT molecular complexity index is 1240. The van der Waals surface area contributed by atoms with E-state index in [0.29, 0.717) is 12.5 Å². The van der Waals surface area contributed by atoms with Crippen molar-refractivity contribution in [2.75, 3.05) is 11.4 Å². The lowest BCUT2D eigenvalue weighted by Crippen LogP contribution is -2.30. The molecule has 2 fully saturated rings. The second-order valence-corrected chi connectivity index (χ2v) is 9.07. The van der Waals surface area contributed by atoms with E-state index in [1.165, 1.54) is 0 Å². The maximum Gasteiger partial charge on any atom is 0.417 e. The van der Waals surface area contributed by atoms with Gasteiger partial charge in [0.05, 0.1) is 11.6 Å². The Hall–Kier alpha value is -3.34. The third kappa shape index (κ3) is 3.65. The number of hydrogen-bond acceptors (Lipinski definition) is 4. The van der Waals surface area contributed by atoms with Crippen molar-refractivity contribution >= 4 is 5.82 Å². The molecule has 5 nitrogen and oxygen atoms in total. The first-order valence-electron chi connectivity index (χ1n) is 11.1. The van der Waals surface area contributed by atoms with E-state index in [4.69, 9.17) is 0 Å². The van der Waals surface area contributed by atoms with Gasteiger partial charge in [-0.25, -0.2) is 9.97 Å². The van der Waals surface area contributed by atoms with E-state index in [0.717, 1.165) is 42.4 Å². The zero-order valence-electron chi connectivity index (χ0n) is 18.5. The maximum atomic E-state index is 13.8. The van der Waals surface area contributed by atoms with Gasteiger partial charge < -0.3 is 9.47 Å². The predicted octanol–water partition coefficient (Wildman–Crippen LogP) is 5.75. The van der Waals surface area contributed by atoms with Gasteiger partial charge in [0.15, 0.2) is 0 Å². The summed E-state index contributed by atoms with van der Waals surface area (Å²) in [7, 11) is 0. The third-order valence-electron chi connectivity index (χ3n) is 6.92. The fourth-order valence-corrected chi connectivity index (χ4v) is 5.58. The Morgan fingerprint density at radius 3 is 2.70 bits per heavy atom. The molecule has 5 rings (SSSR count). The molecule has 1 aromatic carbocycles. The van der Waals surface area contributed by atoms with Gasteiger partial charge in [0, 0.05) is 30.3 Å². The number of pyridine rings is 1. The van der Waals surface area contributed by atoms with Crippen molar-refractivity contribution in [2.45, 2.75) is 45.3 Å². The quantitative estimate of drug-likeness (QED) is 0.509. The molecule has 3 atom stereocenters. The molecular formula is C25H24F3N5. The smallest absolute Gasteiger partial charge is 0.345 e. The van der Waals surface area contributed by atoms with Crippen LogP contribution in [-0.4, -0.2) is 21.1 Å². The van der Waals surface area contributed by atoms with Gasteiger partial charge in [-0.3, -0.25) is 0 Å². The van der Waals surface area contributed by atoms with E-state index in [2.05, 4.69) is 16.0 Å². The largest absolute Gasteiger partial charge is 0.417 e. The fraction of sp³-hybridized carbons (Fsp3) is 0.400. The number of halogens is 3. The molecule has 2 aliphatic rings. The number of fused-ring (bicyclic) bond motifs is 1. The molecule has 0 bridgehead atoms. The number of anilines is 1. The van der Waals surface area contributed by atoms with Gasteiger partial charge in [-0.1, -0.05) is 18.6 Å². The normalized spacial score (nSPS) is 22.4. The second kappa shape index (κ2) is 7.91. The van der Waals surface area contributed by atoms with E-state index in [-0.39, 0.29) is 23.5 Å². The van der Waals surface area contributed by atoms with Crippen molar-refractivity contribution in [3.05, 3.63) is 70.9 Å². The van der Waals surface area contributed by atoms with E-state index in [1.807, 2.05) is 46.9 Å². The molecule has 0 N–H and O–H groups in total. The Morgan fingerprint density at radius 1 is 1.15 bits per heavy atom. The van der Waals surface area contributed by atoms with Gasteiger partial charge in [0.25, 0.3) is 0 Å². The van der Waals surface area contributed by atoms with Crippen molar-refractivity contribution in [1.82, 2.24) is 14.5 Å². The van der Waals surface area contributed by atoms with Crippen molar-refractivity contribution in [1.29, 1.82) is 5.26 Å². The summed E-state index contributed by atoms with van der Waals surface area (Å²) in [5.41, 5.74) is 0.972. The number of aryl methyl sites for hydroxylation is 2. The molecule has 0 unspecified atom stereocenters. The molecule has 0 radical (unpaired) electrons. The molecule has 0 amide bonds. The highest BCUT2D eigenvalue weighted by Gasteiger charge is 2.48. The summed E-state index contributed by atoms with van der Waals surface area (Å²) in [4.78, 5) is 11.1. The van der Waals surface area contributed by atoms with Crippen LogP contribution in [0.1, 0.15) is 53.5 Å². The number of rotatable bonds is 3. The van der Waals surface area contributed by atoms with Crippen molar-refractivity contribution in [3.63, 3.8) is 0 Å². The number of alkyl halides is 3. The minimum absolute atomic E-state index is 0.114. The molecule has 0 spiro atoms. The monoisotopic (exact) mass is 451 g/mol. The summed E-state index contributed by atoms with van der Waals surface area (Å²) >= 11 is 0. The van der Waals surface area contributed by atoms with Crippen LogP contribution in [-0.2, 0) is 6.18 Å². The van der Waals surface area contributed by atoms with Crippen molar-refractivity contribution in [3.8, 4) is 11.8 Å².